The van der Waals surface area contributed by atoms with Crippen LogP contribution in [0, 0.1) is 5.92 Å². The van der Waals surface area contributed by atoms with Gasteiger partial charge in [-0.3, -0.25) is 0 Å². The van der Waals surface area contributed by atoms with Crippen molar-refractivity contribution < 1.29 is 19.0 Å². The molecule has 2 fully saturated rings. The lowest BCUT2D eigenvalue weighted by atomic mass is 9.88. The minimum Gasteiger partial charge on any atom is -0.466 e. The van der Waals surface area contributed by atoms with E-state index >= 15 is 0 Å². The van der Waals surface area contributed by atoms with Crippen molar-refractivity contribution in [3.8, 4) is 0 Å². The molecule has 2 rings (SSSR count). The largest absolute Gasteiger partial charge is 0.466 e. The Hall–Kier alpha value is -0.320. The van der Waals surface area contributed by atoms with E-state index < -0.39 is 16.6 Å². The molecule has 0 bridgehead atoms. The molecule has 0 N–H and O–H groups in total. The van der Waals surface area contributed by atoms with E-state index in [1.54, 1.807) is 0 Å². The zero-order valence-corrected chi connectivity index (χ0v) is 9.67. The van der Waals surface area contributed by atoms with Crippen LogP contribution in [0.3, 0.4) is 0 Å². The second kappa shape index (κ2) is 3.61. The fourth-order valence-corrected chi connectivity index (χ4v) is 2.73. The van der Waals surface area contributed by atoms with Crippen LogP contribution in [0.5, 0.6) is 0 Å². The quantitative estimate of drug-likeness (QED) is 0.420. The van der Waals surface area contributed by atoms with Gasteiger partial charge in [-0.15, -0.1) is 0 Å². The summed E-state index contributed by atoms with van der Waals surface area (Å²) >= 11 is 6.11. The third-order valence-electron chi connectivity index (χ3n) is 3.21. The Morgan fingerprint density at radius 2 is 2.40 bits per heavy atom. The molecule has 3 unspecified atom stereocenters. The number of esters is 1. The molecule has 0 aromatic rings. The van der Waals surface area contributed by atoms with Gasteiger partial charge in [0, 0.05) is 5.92 Å². The van der Waals surface area contributed by atoms with Crippen LogP contribution in [0.25, 0.3) is 0 Å². The highest BCUT2D eigenvalue weighted by Gasteiger charge is 2.79. The number of hydrogen-bond donors (Lipinski definition) is 0. The highest BCUT2D eigenvalue weighted by Crippen LogP contribution is 2.60. The second-order valence-corrected chi connectivity index (χ2v) is 4.61. The number of methoxy groups -OCH3 is 1. The van der Waals surface area contributed by atoms with E-state index in [0.717, 1.165) is 12.8 Å². The third-order valence-corrected chi connectivity index (χ3v) is 3.76. The van der Waals surface area contributed by atoms with E-state index in [1.807, 2.05) is 0 Å². The number of rotatable bonds is 3. The van der Waals surface area contributed by atoms with Gasteiger partial charge < -0.3 is 14.2 Å². The Labute approximate surface area is 93.8 Å². The molecular formula is C10H15ClO4. The molecule has 0 aromatic heterocycles. The Bertz CT molecular complexity index is 283. The Kier molecular flexibility index (Phi) is 2.69. The van der Waals surface area contributed by atoms with Crippen molar-refractivity contribution in [3.05, 3.63) is 0 Å². The number of carbonyl (C=O) groups excluding carboxylic acids is 1. The van der Waals surface area contributed by atoms with E-state index in [4.69, 9.17) is 21.1 Å². The summed E-state index contributed by atoms with van der Waals surface area (Å²) in [5.74, 6) is -0.324. The van der Waals surface area contributed by atoms with Gasteiger partial charge in [-0.05, 0) is 6.42 Å². The molecule has 4 nitrogen and oxygen atoms in total. The van der Waals surface area contributed by atoms with Gasteiger partial charge in [0.1, 0.15) is 0 Å². The first-order chi connectivity index (χ1) is 7.10. The van der Waals surface area contributed by atoms with Crippen LogP contribution in [-0.2, 0) is 19.0 Å². The maximum atomic E-state index is 11.5. The van der Waals surface area contributed by atoms with Crippen molar-refractivity contribution in [2.75, 3.05) is 20.3 Å². The number of alkyl halides is 1. The first-order valence-corrected chi connectivity index (χ1v) is 5.53. The minimum atomic E-state index is -1.31. The first kappa shape index (κ1) is 11.2. The highest BCUT2D eigenvalue weighted by atomic mass is 35.5. The molecule has 0 aliphatic carbocycles. The fraction of sp³-hybridized carbons (Fsp3) is 0.900. The normalized spacial score (nSPS) is 43.3. The molecular weight excluding hydrogens is 220 g/mol. The molecule has 0 aromatic carbocycles. The van der Waals surface area contributed by atoms with Crippen molar-refractivity contribution in [1.82, 2.24) is 0 Å². The molecule has 0 radical (unpaired) electrons. The number of epoxide rings is 1. The van der Waals surface area contributed by atoms with Gasteiger partial charge in [-0.1, -0.05) is 24.9 Å². The lowest BCUT2D eigenvalue weighted by molar-refractivity contribution is -0.143. The molecule has 0 saturated carbocycles. The minimum absolute atomic E-state index is 0.194. The van der Waals surface area contributed by atoms with Crippen LogP contribution >= 0.6 is 11.6 Å². The lowest BCUT2D eigenvalue weighted by Gasteiger charge is -2.14. The average Bonchev–Trinajstić information content (AvgIpc) is 2.62. The Morgan fingerprint density at radius 1 is 1.67 bits per heavy atom. The average molecular weight is 235 g/mol. The second-order valence-electron chi connectivity index (χ2n) is 4.08. The van der Waals surface area contributed by atoms with Crippen molar-refractivity contribution in [2.45, 2.75) is 30.4 Å². The predicted molar refractivity (Wildman–Crippen MR) is 53.6 cm³/mol. The smallest absolute Gasteiger partial charge is 0.357 e. The van der Waals surface area contributed by atoms with Gasteiger partial charge in [-0.2, -0.15) is 0 Å². The third kappa shape index (κ3) is 1.39. The maximum Gasteiger partial charge on any atom is 0.357 e. The molecule has 2 heterocycles. The predicted octanol–water partition coefficient (Wildman–Crippen LogP) is 1.31. The van der Waals surface area contributed by atoms with Crippen LogP contribution in [-0.4, -0.2) is 37.0 Å². The molecule has 15 heavy (non-hydrogen) atoms. The van der Waals surface area contributed by atoms with Crippen molar-refractivity contribution in [1.29, 1.82) is 0 Å². The summed E-state index contributed by atoms with van der Waals surface area (Å²) in [5.41, 5.74) is -0.641. The molecule has 1 spiro atoms. The van der Waals surface area contributed by atoms with E-state index in [1.165, 1.54) is 7.11 Å². The summed E-state index contributed by atoms with van der Waals surface area (Å²) in [6, 6.07) is 0. The van der Waals surface area contributed by atoms with Gasteiger partial charge in [-0.25, -0.2) is 4.79 Å². The lowest BCUT2D eigenvalue weighted by Crippen LogP contribution is -2.35. The van der Waals surface area contributed by atoms with E-state index in [0.29, 0.717) is 13.2 Å². The summed E-state index contributed by atoms with van der Waals surface area (Å²) in [6.07, 6.45) is 1.97. The number of carbonyl (C=O) groups is 1. The van der Waals surface area contributed by atoms with Crippen molar-refractivity contribution >= 4 is 17.6 Å². The molecule has 86 valence electrons. The molecule has 0 amide bonds. The standard InChI is InChI=1S/C10H15ClO4/c1-3-4-7-5-14-6-9(7)10(11,15-9)8(12)13-2/h7H,3-6H2,1-2H3. The summed E-state index contributed by atoms with van der Waals surface area (Å²) in [6.45, 7) is 3.08. The summed E-state index contributed by atoms with van der Waals surface area (Å²) in [5, 5.41) is -1.31. The maximum absolute atomic E-state index is 11.5. The van der Waals surface area contributed by atoms with Crippen molar-refractivity contribution in [3.63, 3.8) is 0 Å². The van der Waals surface area contributed by atoms with Crippen LogP contribution in [0.2, 0.25) is 0 Å². The van der Waals surface area contributed by atoms with E-state index in [2.05, 4.69) is 11.7 Å². The molecule has 2 aliphatic rings. The van der Waals surface area contributed by atoms with Crippen LogP contribution in [0.1, 0.15) is 19.8 Å². The van der Waals surface area contributed by atoms with E-state index in [9.17, 15) is 4.79 Å². The fourth-order valence-electron chi connectivity index (χ4n) is 2.31. The van der Waals surface area contributed by atoms with Crippen molar-refractivity contribution in [2.24, 2.45) is 5.92 Å². The van der Waals surface area contributed by atoms with Crippen LogP contribution < -0.4 is 0 Å². The topological polar surface area (TPSA) is 48.1 Å². The van der Waals surface area contributed by atoms with Gasteiger partial charge in [0.15, 0.2) is 5.60 Å². The van der Waals surface area contributed by atoms with Crippen LogP contribution in [0.15, 0.2) is 0 Å². The molecule has 2 aliphatic heterocycles. The molecule has 2 saturated heterocycles. The summed E-state index contributed by atoms with van der Waals surface area (Å²) in [7, 11) is 1.31. The summed E-state index contributed by atoms with van der Waals surface area (Å²) < 4.78 is 15.4. The van der Waals surface area contributed by atoms with Gasteiger partial charge in [0.25, 0.3) is 5.06 Å². The number of halogens is 1. The monoisotopic (exact) mass is 234 g/mol. The number of hydrogen-bond acceptors (Lipinski definition) is 4. The first-order valence-electron chi connectivity index (χ1n) is 5.16. The Balaban J connectivity index is 2.13. The SMILES string of the molecule is CCCC1COCC12OC2(Cl)C(=O)OC. The molecule has 5 heteroatoms. The van der Waals surface area contributed by atoms with Gasteiger partial charge in [0.05, 0.1) is 20.3 Å². The van der Waals surface area contributed by atoms with Gasteiger partial charge in [0.2, 0.25) is 0 Å². The van der Waals surface area contributed by atoms with E-state index in [-0.39, 0.29) is 5.92 Å². The zero-order valence-electron chi connectivity index (χ0n) is 8.92. The van der Waals surface area contributed by atoms with Crippen LogP contribution in [0.4, 0.5) is 0 Å². The zero-order chi connectivity index (χ0) is 11.1. The summed E-state index contributed by atoms with van der Waals surface area (Å²) in [4.78, 5) is 11.5. The Morgan fingerprint density at radius 3 is 3.00 bits per heavy atom. The highest BCUT2D eigenvalue weighted by molar-refractivity contribution is 6.36. The molecule has 3 atom stereocenters. The number of ether oxygens (including phenoxy) is 3. The van der Waals surface area contributed by atoms with Gasteiger partial charge >= 0.3 is 5.97 Å².